The third kappa shape index (κ3) is 4.05. The minimum atomic E-state index is -1.63. The summed E-state index contributed by atoms with van der Waals surface area (Å²) in [6.45, 7) is 1.11. The van der Waals surface area contributed by atoms with Crippen LogP contribution in [-0.2, 0) is 14.3 Å². The van der Waals surface area contributed by atoms with E-state index < -0.39 is 30.5 Å². The van der Waals surface area contributed by atoms with Gasteiger partial charge in [0.2, 0.25) is 0 Å². The van der Waals surface area contributed by atoms with Crippen molar-refractivity contribution in [2.75, 3.05) is 18.5 Å². The molecule has 204 valence electrons. The van der Waals surface area contributed by atoms with Crippen LogP contribution < -0.4 is 5.32 Å². The largest absolute Gasteiger partial charge is 0.479 e. The van der Waals surface area contributed by atoms with Gasteiger partial charge in [-0.1, -0.05) is 24.3 Å². The van der Waals surface area contributed by atoms with Gasteiger partial charge >= 0.3 is 5.97 Å². The van der Waals surface area contributed by atoms with Gasteiger partial charge in [-0.3, -0.25) is 9.67 Å². The van der Waals surface area contributed by atoms with Gasteiger partial charge in [0.25, 0.3) is 0 Å². The molecule has 0 bridgehead atoms. The molecular formula is C26H24N8O6. The summed E-state index contributed by atoms with van der Waals surface area (Å²) in [5.74, 6) is -0.701. The van der Waals surface area contributed by atoms with E-state index in [9.17, 15) is 20.1 Å². The average molecular weight is 545 g/mol. The van der Waals surface area contributed by atoms with Gasteiger partial charge in [-0.25, -0.2) is 24.7 Å². The Kier molecular flexibility index (Phi) is 5.89. The number of H-pyrrole nitrogens is 1. The number of aromatic amines is 1. The molecule has 2 aliphatic heterocycles. The standard InChI is InChI=1S/C26H24N8O6/c35-19-20(36)25(40-21(19)26(37)38)34-11-27-18-23(29-13-7-8-39-10-13)31-22(32-24(18)34)17-14(9-28-33-17)16-6-5-12-3-1-2-4-15(12)30-16/h1-6,9,11,13,19-21,25,35-36H,7-8,10H2,(H,28,33)(H,37,38)(H,29,31,32)/t13-,19-,20+,21+,25-/m1/s1. The van der Waals surface area contributed by atoms with Crippen molar-refractivity contribution in [3.8, 4) is 22.8 Å². The van der Waals surface area contributed by atoms with E-state index in [1.165, 1.54) is 10.9 Å². The number of pyridine rings is 1. The highest BCUT2D eigenvalue weighted by molar-refractivity contribution is 5.88. The summed E-state index contributed by atoms with van der Waals surface area (Å²) in [7, 11) is 0. The number of rotatable bonds is 6. The number of imidazole rings is 1. The molecule has 4 aromatic heterocycles. The summed E-state index contributed by atoms with van der Waals surface area (Å²) in [6, 6.07) is 11.6. The van der Waals surface area contributed by atoms with Gasteiger partial charge in [0.15, 0.2) is 35.1 Å². The van der Waals surface area contributed by atoms with Crippen LogP contribution in [0.4, 0.5) is 5.82 Å². The van der Waals surface area contributed by atoms with Crippen molar-refractivity contribution < 1.29 is 29.6 Å². The lowest BCUT2D eigenvalue weighted by atomic mass is 10.1. The van der Waals surface area contributed by atoms with Crippen LogP contribution in [0, 0.1) is 0 Å². The molecule has 1 aromatic carbocycles. The van der Waals surface area contributed by atoms with Crippen LogP contribution in [0.15, 0.2) is 48.9 Å². The number of aliphatic hydroxyl groups excluding tert-OH is 2. The van der Waals surface area contributed by atoms with Crippen molar-refractivity contribution in [2.24, 2.45) is 0 Å². The summed E-state index contributed by atoms with van der Waals surface area (Å²) >= 11 is 0. The number of aliphatic hydroxyl groups is 2. The number of benzene rings is 1. The number of nitrogens with zero attached hydrogens (tertiary/aromatic N) is 6. The summed E-state index contributed by atoms with van der Waals surface area (Å²) < 4.78 is 12.4. The molecule has 14 heteroatoms. The highest BCUT2D eigenvalue weighted by Crippen LogP contribution is 2.35. The van der Waals surface area contributed by atoms with E-state index in [2.05, 4.69) is 20.5 Å². The molecule has 0 radical (unpaired) electrons. The first-order chi connectivity index (χ1) is 19.5. The Morgan fingerprint density at radius 1 is 1.10 bits per heavy atom. The van der Waals surface area contributed by atoms with Crippen LogP contribution in [-0.4, -0.2) is 93.6 Å². The van der Waals surface area contributed by atoms with Gasteiger partial charge in [-0.05, 0) is 18.6 Å². The monoisotopic (exact) mass is 544 g/mol. The maximum absolute atomic E-state index is 11.6. The number of aliphatic carboxylic acids is 1. The highest BCUT2D eigenvalue weighted by atomic mass is 16.6. The molecule has 2 saturated heterocycles. The molecule has 2 aliphatic rings. The summed E-state index contributed by atoms with van der Waals surface area (Å²) in [5.41, 5.74) is 3.30. The van der Waals surface area contributed by atoms with Gasteiger partial charge in [0, 0.05) is 17.6 Å². The lowest BCUT2D eigenvalue weighted by Gasteiger charge is -2.17. The Balaban J connectivity index is 1.36. The lowest BCUT2D eigenvalue weighted by molar-refractivity contribution is -0.155. The van der Waals surface area contributed by atoms with E-state index in [-0.39, 0.29) is 17.5 Å². The summed E-state index contributed by atoms with van der Waals surface area (Å²) in [5, 5.41) is 41.9. The van der Waals surface area contributed by atoms with E-state index in [4.69, 9.17) is 24.4 Å². The highest BCUT2D eigenvalue weighted by Gasteiger charge is 2.48. The van der Waals surface area contributed by atoms with Gasteiger partial charge in [-0.15, -0.1) is 0 Å². The normalized spacial score (nSPS) is 24.7. The Morgan fingerprint density at radius 2 is 1.98 bits per heavy atom. The fraction of sp³-hybridized carbons (Fsp3) is 0.308. The SMILES string of the molecule is O=C(O)[C@H]1O[C@@H](n2cnc3c(N[C@@H]4CCOC4)nc(-c4[nH]ncc4-c4ccc5ccccc5n4)nc32)[C@@H](O)[C@H]1O. The quantitative estimate of drug-likeness (QED) is 0.206. The molecule has 6 heterocycles. The second kappa shape index (κ2) is 9.60. The smallest absolute Gasteiger partial charge is 0.335 e. The van der Waals surface area contributed by atoms with Crippen LogP contribution >= 0.6 is 0 Å². The molecule has 0 saturated carbocycles. The Labute approximate surface area is 225 Å². The van der Waals surface area contributed by atoms with Crippen molar-refractivity contribution in [3.05, 3.63) is 48.9 Å². The number of nitrogens with one attached hydrogen (secondary N) is 2. The maximum Gasteiger partial charge on any atom is 0.335 e. The van der Waals surface area contributed by atoms with Crippen LogP contribution in [0.2, 0.25) is 0 Å². The third-order valence-corrected chi connectivity index (χ3v) is 7.19. The Bertz CT molecular complexity index is 1730. The molecule has 7 rings (SSSR count). The van der Waals surface area contributed by atoms with Crippen molar-refractivity contribution in [3.63, 3.8) is 0 Å². The molecular weight excluding hydrogens is 520 g/mol. The predicted molar refractivity (Wildman–Crippen MR) is 140 cm³/mol. The summed E-state index contributed by atoms with van der Waals surface area (Å²) in [4.78, 5) is 30.3. The predicted octanol–water partition coefficient (Wildman–Crippen LogP) is 1.34. The lowest BCUT2D eigenvalue weighted by Crippen LogP contribution is -2.35. The van der Waals surface area contributed by atoms with Gasteiger partial charge in [0.05, 0.1) is 36.4 Å². The zero-order valence-corrected chi connectivity index (χ0v) is 20.9. The zero-order valence-electron chi connectivity index (χ0n) is 20.9. The maximum atomic E-state index is 11.6. The zero-order chi connectivity index (χ0) is 27.4. The number of anilines is 1. The van der Waals surface area contributed by atoms with Crippen LogP contribution in [0.5, 0.6) is 0 Å². The number of para-hydroxylation sites is 1. The number of fused-ring (bicyclic) bond motifs is 2. The molecule has 2 fully saturated rings. The number of carbonyl (C=O) groups is 1. The number of aromatic nitrogens is 7. The van der Waals surface area contributed by atoms with Crippen molar-refractivity contribution >= 4 is 33.9 Å². The second-order valence-electron chi connectivity index (χ2n) is 9.74. The number of hydrogen-bond acceptors (Lipinski definition) is 11. The van der Waals surface area contributed by atoms with Crippen LogP contribution in [0.25, 0.3) is 44.8 Å². The second-order valence-corrected chi connectivity index (χ2v) is 9.74. The molecule has 5 atom stereocenters. The van der Waals surface area contributed by atoms with E-state index in [0.29, 0.717) is 41.5 Å². The van der Waals surface area contributed by atoms with E-state index in [1.807, 2.05) is 36.4 Å². The Hall–Kier alpha value is -4.50. The van der Waals surface area contributed by atoms with Crippen molar-refractivity contribution in [2.45, 2.75) is 37.0 Å². The molecule has 5 aromatic rings. The first-order valence-corrected chi connectivity index (χ1v) is 12.7. The van der Waals surface area contributed by atoms with Crippen molar-refractivity contribution in [1.82, 2.24) is 34.7 Å². The molecule has 0 amide bonds. The molecule has 5 N–H and O–H groups in total. The fourth-order valence-electron chi connectivity index (χ4n) is 5.12. The fourth-order valence-corrected chi connectivity index (χ4v) is 5.12. The molecule has 14 nitrogen and oxygen atoms in total. The van der Waals surface area contributed by atoms with Gasteiger partial charge < -0.3 is 30.1 Å². The van der Waals surface area contributed by atoms with Crippen molar-refractivity contribution in [1.29, 1.82) is 0 Å². The minimum absolute atomic E-state index is 0.00831. The van der Waals surface area contributed by atoms with Crippen LogP contribution in [0.1, 0.15) is 12.6 Å². The number of carboxylic acid groups (broad SMARTS) is 1. The number of carboxylic acids is 1. The first kappa shape index (κ1) is 24.5. The van der Waals surface area contributed by atoms with Gasteiger partial charge in [-0.2, -0.15) is 5.10 Å². The Morgan fingerprint density at radius 3 is 2.77 bits per heavy atom. The van der Waals surface area contributed by atoms with E-state index >= 15 is 0 Å². The van der Waals surface area contributed by atoms with E-state index in [1.54, 1.807) is 6.20 Å². The number of ether oxygens (including phenoxy) is 2. The van der Waals surface area contributed by atoms with Crippen LogP contribution in [0.3, 0.4) is 0 Å². The summed E-state index contributed by atoms with van der Waals surface area (Å²) in [6.07, 6.45) is -2.21. The van der Waals surface area contributed by atoms with E-state index in [0.717, 1.165) is 17.3 Å². The minimum Gasteiger partial charge on any atom is -0.479 e. The number of hydrogen-bond donors (Lipinski definition) is 5. The molecule has 0 spiro atoms. The average Bonchev–Trinajstić information content (AvgIpc) is 3.76. The molecule has 40 heavy (non-hydrogen) atoms. The topological polar surface area (TPSA) is 193 Å². The molecule has 0 aliphatic carbocycles. The first-order valence-electron chi connectivity index (χ1n) is 12.7. The van der Waals surface area contributed by atoms with Gasteiger partial charge in [0.1, 0.15) is 17.9 Å². The molecule has 0 unspecified atom stereocenters. The third-order valence-electron chi connectivity index (χ3n) is 7.19.